The molecule has 3 N–H and O–H groups in total. The summed E-state index contributed by atoms with van der Waals surface area (Å²) in [7, 11) is 0. The van der Waals surface area contributed by atoms with E-state index in [0.29, 0.717) is 83.5 Å². The van der Waals surface area contributed by atoms with E-state index >= 15 is 0 Å². The number of likely N-dealkylation sites (tertiary alicyclic amines) is 1. The second-order valence-electron chi connectivity index (χ2n) is 10.8. The number of hydrogen-bond acceptors (Lipinski definition) is 10. The molecule has 0 radical (unpaired) electrons. The van der Waals surface area contributed by atoms with Gasteiger partial charge in [0.15, 0.2) is 11.5 Å². The number of fused-ring (bicyclic) bond motifs is 1. The summed E-state index contributed by atoms with van der Waals surface area (Å²) in [4.78, 5) is 39.1. The number of halogens is 5. The SMILES string of the molecule is CCOC(=O)CN1CCC(c2nc3cc(-c4ccc(Cl)cc4Cl)nc(NCCCc4ccc(C(=O)C(F)(F)F)c(N)n4)n3n2)CC1. The monoisotopic (exact) mass is 678 g/mol. The first-order valence-corrected chi connectivity index (χ1v) is 15.4. The van der Waals surface area contributed by atoms with Crippen molar-refractivity contribution < 1.29 is 27.5 Å². The van der Waals surface area contributed by atoms with Gasteiger partial charge in [-0.1, -0.05) is 23.2 Å². The summed E-state index contributed by atoms with van der Waals surface area (Å²) >= 11 is 12.6. The molecule has 0 spiro atoms. The Morgan fingerprint density at radius 2 is 1.85 bits per heavy atom. The number of rotatable bonds is 11. The molecule has 1 aliphatic heterocycles. The minimum Gasteiger partial charge on any atom is -0.465 e. The maximum Gasteiger partial charge on any atom is 0.455 e. The molecule has 1 aliphatic rings. The molecule has 0 aliphatic carbocycles. The lowest BCUT2D eigenvalue weighted by molar-refractivity contribution is -0.144. The van der Waals surface area contributed by atoms with Crippen molar-refractivity contribution in [3.63, 3.8) is 0 Å². The van der Waals surface area contributed by atoms with Gasteiger partial charge in [0.25, 0.3) is 5.78 Å². The zero-order valence-electron chi connectivity index (χ0n) is 24.8. The zero-order chi connectivity index (χ0) is 33.0. The number of Topliss-reactive ketones (excluding diaryl/α,β-unsaturated/α-hetero) is 1. The van der Waals surface area contributed by atoms with Gasteiger partial charge in [0.05, 0.1) is 29.4 Å². The van der Waals surface area contributed by atoms with Crippen molar-refractivity contribution in [3.05, 3.63) is 63.5 Å². The predicted octanol–water partition coefficient (Wildman–Crippen LogP) is 5.61. The van der Waals surface area contributed by atoms with Crippen LogP contribution in [0, 0.1) is 0 Å². The van der Waals surface area contributed by atoms with Gasteiger partial charge in [0.2, 0.25) is 5.95 Å². The number of ketones is 1. The molecule has 16 heteroatoms. The average molecular weight is 680 g/mol. The van der Waals surface area contributed by atoms with Crippen LogP contribution in [-0.4, -0.2) is 80.2 Å². The quantitative estimate of drug-likeness (QED) is 0.117. The van der Waals surface area contributed by atoms with Gasteiger partial charge in [0, 0.05) is 34.8 Å². The first-order valence-electron chi connectivity index (χ1n) is 14.6. The molecule has 1 fully saturated rings. The molecular formula is C30H31Cl2F3N8O3. The van der Waals surface area contributed by atoms with E-state index in [1.165, 1.54) is 6.07 Å². The van der Waals surface area contributed by atoms with Gasteiger partial charge in [-0.3, -0.25) is 14.5 Å². The van der Waals surface area contributed by atoms with Crippen LogP contribution in [0.4, 0.5) is 24.9 Å². The van der Waals surface area contributed by atoms with Crippen LogP contribution in [-0.2, 0) is 16.0 Å². The highest BCUT2D eigenvalue weighted by molar-refractivity contribution is 6.36. The van der Waals surface area contributed by atoms with E-state index in [9.17, 15) is 22.8 Å². The Morgan fingerprint density at radius 1 is 1.09 bits per heavy atom. The maximum atomic E-state index is 12.8. The van der Waals surface area contributed by atoms with Crippen LogP contribution in [0.1, 0.15) is 54.0 Å². The number of anilines is 2. The highest BCUT2D eigenvalue weighted by Gasteiger charge is 2.40. The smallest absolute Gasteiger partial charge is 0.455 e. The van der Waals surface area contributed by atoms with Crippen LogP contribution >= 0.6 is 23.2 Å². The Labute approximate surface area is 272 Å². The van der Waals surface area contributed by atoms with E-state index in [1.807, 2.05) is 0 Å². The molecule has 244 valence electrons. The van der Waals surface area contributed by atoms with Crippen molar-refractivity contribution in [1.29, 1.82) is 0 Å². The molecule has 1 saturated heterocycles. The van der Waals surface area contributed by atoms with E-state index < -0.39 is 23.3 Å². The number of nitrogens with zero attached hydrogens (tertiary/aromatic N) is 6. The molecule has 0 saturated carbocycles. The number of ether oxygens (including phenoxy) is 1. The Hall–Kier alpha value is -4.01. The van der Waals surface area contributed by atoms with Crippen LogP contribution in [0.3, 0.4) is 0 Å². The summed E-state index contributed by atoms with van der Waals surface area (Å²) in [6.07, 6.45) is -2.62. The lowest BCUT2D eigenvalue weighted by Gasteiger charge is -2.29. The second kappa shape index (κ2) is 14.2. The number of carbonyl (C=O) groups is 2. The Kier molecular flexibility index (Phi) is 10.3. The Balaban J connectivity index is 1.33. The number of aromatic nitrogens is 5. The molecule has 5 rings (SSSR count). The van der Waals surface area contributed by atoms with Gasteiger partial charge in [-0.2, -0.15) is 17.7 Å². The number of aryl methyl sites for hydroxylation is 1. The molecule has 1 aromatic carbocycles. The van der Waals surface area contributed by atoms with E-state index in [1.54, 1.807) is 35.7 Å². The number of nitrogens with one attached hydrogen (secondary N) is 1. The minimum atomic E-state index is -5.03. The third kappa shape index (κ3) is 7.85. The zero-order valence-corrected chi connectivity index (χ0v) is 26.3. The lowest BCUT2D eigenvalue weighted by atomic mass is 9.96. The van der Waals surface area contributed by atoms with Crippen molar-refractivity contribution in [2.24, 2.45) is 0 Å². The number of carbonyl (C=O) groups excluding carboxylic acids is 2. The van der Waals surface area contributed by atoms with Crippen molar-refractivity contribution >= 4 is 52.4 Å². The summed E-state index contributed by atoms with van der Waals surface area (Å²) in [6, 6.07) is 9.31. The molecule has 0 amide bonds. The predicted molar refractivity (Wildman–Crippen MR) is 167 cm³/mol. The van der Waals surface area contributed by atoms with E-state index in [-0.39, 0.29) is 18.4 Å². The third-order valence-corrected chi connectivity index (χ3v) is 8.08. The molecule has 4 heterocycles. The Bertz CT molecular complexity index is 1740. The Morgan fingerprint density at radius 3 is 2.52 bits per heavy atom. The average Bonchev–Trinajstić information content (AvgIpc) is 3.43. The van der Waals surface area contributed by atoms with Gasteiger partial charge in [-0.05, 0) is 76.0 Å². The molecule has 46 heavy (non-hydrogen) atoms. The summed E-state index contributed by atoms with van der Waals surface area (Å²) in [5.41, 5.74) is 7.19. The van der Waals surface area contributed by atoms with Crippen LogP contribution in [0.2, 0.25) is 10.0 Å². The highest BCUT2D eigenvalue weighted by atomic mass is 35.5. The van der Waals surface area contributed by atoms with Crippen molar-refractivity contribution in [2.75, 3.05) is 43.8 Å². The minimum absolute atomic E-state index is 0.0810. The molecule has 0 atom stereocenters. The number of piperidine rings is 1. The number of alkyl halides is 3. The summed E-state index contributed by atoms with van der Waals surface area (Å²) in [5, 5.41) is 8.96. The summed E-state index contributed by atoms with van der Waals surface area (Å²) in [5.74, 6) is -1.59. The van der Waals surface area contributed by atoms with Crippen molar-refractivity contribution in [3.8, 4) is 11.3 Å². The third-order valence-electron chi connectivity index (χ3n) is 7.54. The molecule has 4 aromatic rings. The molecular weight excluding hydrogens is 648 g/mol. The van der Waals surface area contributed by atoms with Gasteiger partial charge in [-0.25, -0.2) is 15.0 Å². The van der Waals surface area contributed by atoms with Gasteiger partial charge in [0.1, 0.15) is 5.82 Å². The van der Waals surface area contributed by atoms with Crippen molar-refractivity contribution in [2.45, 2.75) is 44.7 Å². The van der Waals surface area contributed by atoms with E-state index in [0.717, 1.165) is 18.9 Å². The largest absolute Gasteiger partial charge is 0.465 e. The lowest BCUT2D eigenvalue weighted by Crippen LogP contribution is -2.37. The number of benzene rings is 1. The second-order valence-corrected chi connectivity index (χ2v) is 11.6. The van der Waals surface area contributed by atoms with Crippen LogP contribution in [0.15, 0.2) is 36.4 Å². The molecule has 0 unspecified atom stereocenters. The number of esters is 1. The molecule has 3 aromatic heterocycles. The van der Waals surface area contributed by atoms with Gasteiger partial charge >= 0.3 is 12.1 Å². The first-order chi connectivity index (χ1) is 21.9. The van der Waals surface area contributed by atoms with Crippen LogP contribution in [0.5, 0.6) is 0 Å². The number of hydrogen-bond donors (Lipinski definition) is 2. The van der Waals surface area contributed by atoms with E-state index in [4.69, 9.17) is 48.7 Å². The van der Waals surface area contributed by atoms with Crippen LogP contribution < -0.4 is 11.1 Å². The van der Waals surface area contributed by atoms with Crippen molar-refractivity contribution in [1.82, 2.24) is 29.5 Å². The fourth-order valence-corrected chi connectivity index (χ4v) is 5.74. The standard InChI is InChI=1S/C30H31Cl2F3N8O3/c1-2-46-25(44)16-42-12-9-17(10-13-42)28-40-24-15-23(20-7-5-18(31)14-22(20)32)39-29(43(24)41-28)37-11-3-4-19-6-8-21(27(36)38-19)26(45)30(33,34)35/h5-8,14-15,17H,2-4,9-13,16H2,1H3,(H2,36,38)(H,37,39). The normalized spacial score (nSPS) is 14.5. The number of pyridine rings is 1. The van der Waals surface area contributed by atoms with E-state index in [2.05, 4.69) is 15.2 Å². The number of nitrogens with two attached hydrogens (primary N) is 1. The summed E-state index contributed by atoms with van der Waals surface area (Å²) in [6.45, 7) is 4.19. The number of nitrogen functional groups attached to an aromatic ring is 1. The fourth-order valence-electron chi connectivity index (χ4n) is 5.24. The van der Waals surface area contributed by atoms with Gasteiger partial charge in [-0.15, -0.1) is 5.10 Å². The fraction of sp³-hybridized carbons (Fsp3) is 0.400. The van der Waals surface area contributed by atoms with Crippen LogP contribution in [0.25, 0.3) is 16.9 Å². The maximum absolute atomic E-state index is 12.8. The highest BCUT2D eigenvalue weighted by Crippen LogP contribution is 2.32. The van der Waals surface area contributed by atoms with Gasteiger partial charge < -0.3 is 15.8 Å². The first kappa shape index (κ1) is 33.4. The summed E-state index contributed by atoms with van der Waals surface area (Å²) < 4.78 is 45.1. The molecule has 0 bridgehead atoms. The topological polar surface area (TPSA) is 141 Å². The molecule has 11 nitrogen and oxygen atoms in total.